The minimum Gasteiger partial charge on any atom is -0.508 e. The zero-order valence-corrected chi connectivity index (χ0v) is 39.3. The SMILES string of the molecule is C#Cc1c(F)ccc2cc(O)cc(-c3ncc4c(N5CC6CCC(C5)N6)nc(OCC5(CN6CCN(CC7CCN(c8ccc9c(c8)C(=O)N(C8CCC(=O)NC8=O)C9=O)CC7)CC6)CC5)nc4c3F)c12. The second-order valence-electron chi connectivity index (χ2n) is 20.7. The van der Waals surface area contributed by atoms with E-state index in [0.29, 0.717) is 47.8 Å². The summed E-state index contributed by atoms with van der Waals surface area (Å²) in [5.74, 6) is -0.0247. The molecule has 366 valence electrons. The number of nitrogens with zero attached hydrogens (tertiary/aromatic N) is 8. The Morgan fingerprint density at radius 3 is 2.31 bits per heavy atom. The maximum Gasteiger partial charge on any atom is 0.319 e. The van der Waals surface area contributed by atoms with Crippen LogP contribution in [-0.2, 0) is 9.59 Å². The fourth-order valence-corrected chi connectivity index (χ4v) is 12.0. The van der Waals surface area contributed by atoms with Gasteiger partial charge in [0.05, 0.1) is 28.7 Å². The van der Waals surface area contributed by atoms with Gasteiger partial charge in [-0.05, 0) is 92.6 Å². The summed E-state index contributed by atoms with van der Waals surface area (Å²) in [7, 11) is 0. The number of phenols is 1. The zero-order valence-electron chi connectivity index (χ0n) is 39.3. The number of hydrogen-bond donors (Lipinski definition) is 3. The van der Waals surface area contributed by atoms with E-state index in [0.717, 1.165) is 101 Å². The molecule has 18 heteroatoms. The number of fused-ring (bicyclic) bond motifs is 5. The van der Waals surface area contributed by atoms with Crippen molar-refractivity contribution in [1.29, 1.82) is 0 Å². The molecule has 3 unspecified atom stereocenters. The summed E-state index contributed by atoms with van der Waals surface area (Å²) in [4.78, 5) is 75.6. The number of hydrogen-bond acceptors (Lipinski definition) is 14. The first-order valence-corrected chi connectivity index (χ1v) is 24.9. The smallest absolute Gasteiger partial charge is 0.319 e. The minimum absolute atomic E-state index is 0.0279. The summed E-state index contributed by atoms with van der Waals surface area (Å²) in [5.41, 5.74) is 1.43. The highest BCUT2D eigenvalue weighted by Crippen LogP contribution is 2.47. The van der Waals surface area contributed by atoms with E-state index in [1.54, 1.807) is 18.3 Å². The number of aromatic nitrogens is 3. The van der Waals surface area contributed by atoms with Crippen LogP contribution >= 0.6 is 0 Å². The van der Waals surface area contributed by atoms with Crippen molar-refractivity contribution in [3.63, 3.8) is 0 Å². The maximum absolute atomic E-state index is 17.1. The number of amides is 4. The van der Waals surface area contributed by atoms with Crippen molar-refractivity contribution in [3.8, 4) is 35.4 Å². The molecule has 6 aliphatic heterocycles. The van der Waals surface area contributed by atoms with Gasteiger partial charge in [-0.3, -0.25) is 34.4 Å². The van der Waals surface area contributed by atoms with Gasteiger partial charge in [0.2, 0.25) is 11.8 Å². The predicted molar refractivity (Wildman–Crippen MR) is 260 cm³/mol. The lowest BCUT2D eigenvalue weighted by Gasteiger charge is -2.40. The molecule has 1 aliphatic carbocycles. The Hall–Kier alpha value is -6.81. The number of aromatic hydroxyl groups is 1. The van der Waals surface area contributed by atoms with Crippen LogP contribution in [0.4, 0.5) is 20.3 Å². The average Bonchev–Trinajstić information content (AvgIpc) is 3.99. The molecule has 12 rings (SSSR count). The molecule has 7 aliphatic rings. The van der Waals surface area contributed by atoms with Gasteiger partial charge in [0, 0.05) is 112 Å². The number of halogens is 2. The number of ether oxygens (including phenoxy) is 1. The molecule has 6 fully saturated rings. The predicted octanol–water partition coefficient (Wildman–Crippen LogP) is 4.85. The number of pyridine rings is 1. The molecule has 3 N–H and O–H groups in total. The lowest BCUT2D eigenvalue weighted by Crippen LogP contribution is -2.54. The molecule has 0 spiro atoms. The van der Waals surface area contributed by atoms with Gasteiger partial charge in [0.25, 0.3) is 11.8 Å². The molecule has 1 saturated carbocycles. The molecule has 2 bridgehead atoms. The Bertz CT molecular complexity index is 3080. The normalized spacial score (nSPS) is 23.7. The highest BCUT2D eigenvalue weighted by atomic mass is 19.1. The molecule has 71 heavy (non-hydrogen) atoms. The van der Waals surface area contributed by atoms with Crippen molar-refractivity contribution in [2.75, 3.05) is 81.9 Å². The highest BCUT2D eigenvalue weighted by Gasteiger charge is 2.47. The molecule has 5 aromatic rings. The van der Waals surface area contributed by atoms with E-state index in [4.69, 9.17) is 21.1 Å². The number of piperidine rings is 2. The van der Waals surface area contributed by atoms with E-state index >= 15 is 8.78 Å². The van der Waals surface area contributed by atoms with Crippen molar-refractivity contribution in [2.24, 2.45) is 11.3 Å². The number of phenolic OH excluding ortho intramolecular Hbond substituents is 1. The second-order valence-corrected chi connectivity index (χ2v) is 20.7. The van der Waals surface area contributed by atoms with Crippen molar-refractivity contribution in [1.82, 2.24) is 40.3 Å². The molecule has 3 atom stereocenters. The Kier molecular flexibility index (Phi) is 11.4. The van der Waals surface area contributed by atoms with Crippen molar-refractivity contribution in [3.05, 3.63) is 77.0 Å². The number of carbonyl (C=O) groups excluding carboxylic acids is 4. The van der Waals surface area contributed by atoms with Crippen LogP contribution in [0.1, 0.15) is 77.6 Å². The fourth-order valence-electron chi connectivity index (χ4n) is 12.0. The van der Waals surface area contributed by atoms with Gasteiger partial charge in [-0.1, -0.05) is 12.0 Å². The van der Waals surface area contributed by atoms with E-state index in [1.165, 1.54) is 24.3 Å². The Labute approximate surface area is 408 Å². The number of terminal acetylenes is 1. The maximum atomic E-state index is 17.1. The number of rotatable bonds is 11. The van der Waals surface area contributed by atoms with Crippen LogP contribution in [0.5, 0.6) is 11.8 Å². The van der Waals surface area contributed by atoms with E-state index < -0.39 is 41.3 Å². The van der Waals surface area contributed by atoms with Crippen LogP contribution in [-0.4, -0.2) is 149 Å². The number of carbonyl (C=O) groups is 4. The Morgan fingerprint density at radius 2 is 1.58 bits per heavy atom. The van der Waals surface area contributed by atoms with E-state index in [-0.39, 0.29) is 75.4 Å². The third-order valence-corrected chi connectivity index (χ3v) is 16.0. The van der Waals surface area contributed by atoms with E-state index in [2.05, 4.69) is 41.1 Å². The van der Waals surface area contributed by atoms with Gasteiger partial charge in [0.15, 0.2) is 5.82 Å². The molecule has 16 nitrogen and oxygen atoms in total. The van der Waals surface area contributed by atoms with Crippen molar-refractivity contribution >= 4 is 56.8 Å². The lowest BCUT2D eigenvalue weighted by molar-refractivity contribution is -0.136. The molecular formula is C53H54F2N10O6. The second kappa shape index (κ2) is 17.8. The lowest BCUT2D eigenvalue weighted by atomic mass is 9.95. The van der Waals surface area contributed by atoms with Crippen LogP contribution in [0.3, 0.4) is 0 Å². The van der Waals surface area contributed by atoms with Crippen LogP contribution in [0.2, 0.25) is 0 Å². The first kappa shape index (κ1) is 45.3. The molecule has 3 aromatic carbocycles. The summed E-state index contributed by atoms with van der Waals surface area (Å²) in [6, 6.07) is 10.6. The molecule has 5 saturated heterocycles. The van der Waals surface area contributed by atoms with Gasteiger partial charge >= 0.3 is 6.01 Å². The van der Waals surface area contributed by atoms with Gasteiger partial charge in [0.1, 0.15) is 34.6 Å². The van der Waals surface area contributed by atoms with Gasteiger partial charge in [-0.25, -0.2) is 8.78 Å². The molecule has 0 radical (unpaired) electrons. The van der Waals surface area contributed by atoms with Crippen LogP contribution in [0.15, 0.2) is 48.7 Å². The molecular weight excluding hydrogens is 911 g/mol. The first-order valence-electron chi connectivity index (χ1n) is 24.9. The number of nitrogens with one attached hydrogen (secondary N) is 2. The Morgan fingerprint density at radius 1 is 0.831 bits per heavy atom. The third-order valence-electron chi connectivity index (χ3n) is 16.0. The number of benzene rings is 3. The highest BCUT2D eigenvalue weighted by molar-refractivity contribution is 6.23. The van der Waals surface area contributed by atoms with Gasteiger partial charge in [-0.2, -0.15) is 9.97 Å². The van der Waals surface area contributed by atoms with Crippen LogP contribution in [0, 0.1) is 35.3 Å². The van der Waals surface area contributed by atoms with Gasteiger partial charge in [-0.15, -0.1) is 6.42 Å². The quantitative estimate of drug-likeness (QED) is 0.121. The fraction of sp³-hybridized carbons (Fsp3) is 0.453. The third kappa shape index (κ3) is 8.36. The number of anilines is 2. The number of imide groups is 2. The summed E-state index contributed by atoms with van der Waals surface area (Å²) >= 11 is 0. The molecule has 4 amide bonds. The summed E-state index contributed by atoms with van der Waals surface area (Å²) in [5, 5.41) is 17.8. The Balaban J connectivity index is 0.686. The summed E-state index contributed by atoms with van der Waals surface area (Å²) in [6.45, 7) is 9.14. The average molecular weight is 965 g/mol. The molecule has 2 aromatic heterocycles. The summed E-state index contributed by atoms with van der Waals surface area (Å²) < 4.78 is 38.7. The number of piperazine rings is 2. The van der Waals surface area contributed by atoms with E-state index in [1.807, 2.05) is 6.07 Å². The van der Waals surface area contributed by atoms with Crippen molar-refractivity contribution < 1.29 is 37.8 Å². The minimum atomic E-state index is -0.988. The van der Waals surface area contributed by atoms with Crippen LogP contribution in [0.25, 0.3) is 32.9 Å². The molecule has 8 heterocycles. The van der Waals surface area contributed by atoms with Crippen molar-refractivity contribution in [2.45, 2.75) is 69.5 Å². The standard InChI is InChI=1S/C53H54F2N10O6/c1-2-36-41(54)8-3-31-21-35(66)23-39(44(31)36)46-45(55)47-40(24-56-46)48(64-26-32-4-5-33(27-64)57-32)60-52(59-47)71-29-53(13-14-53)28-62-19-17-61(18-20-62)25-30-11-15-63(16-12-30)34-6-7-37-38(22-34)51(70)65(50(37)69)42-9-10-43(67)58-49(42)68/h1,3,6-8,21-24,30,32-33,42,57,66H,4-5,9-20,25-29H2,(H,58,67,68). The van der Waals surface area contributed by atoms with E-state index in [9.17, 15) is 24.3 Å². The van der Waals surface area contributed by atoms with Gasteiger partial charge < -0.3 is 34.8 Å². The largest absolute Gasteiger partial charge is 0.508 e. The summed E-state index contributed by atoms with van der Waals surface area (Å²) in [6.07, 6.45) is 13.6. The van der Waals surface area contributed by atoms with Crippen LogP contribution < -0.4 is 25.2 Å². The first-order chi connectivity index (χ1) is 34.4. The topological polar surface area (TPSA) is 177 Å². The monoisotopic (exact) mass is 964 g/mol. The zero-order chi connectivity index (χ0) is 48.7.